The lowest BCUT2D eigenvalue weighted by molar-refractivity contribution is 0.0950. The van der Waals surface area contributed by atoms with Crippen molar-refractivity contribution in [3.8, 4) is 11.5 Å². The molecule has 0 unspecified atom stereocenters. The van der Waals surface area contributed by atoms with Gasteiger partial charge in [0.25, 0.3) is 5.91 Å². The first-order valence-electron chi connectivity index (χ1n) is 8.48. The first-order chi connectivity index (χ1) is 12.7. The van der Waals surface area contributed by atoms with Gasteiger partial charge in [0.1, 0.15) is 17.2 Å². The predicted molar refractivity (Wildman–Crippen MR) is 100 cm³/mol. The molecule has 0 radical (unpaired) electrons. The first kappa shape index (κ1) is 17.7. The Morgan fingerprint density at radius 1 is 1.19 bits per heavy atom. The van der Waals surface area contributed by atoms with Gasteiger partial charge in [0.05, 0.1) is 26.1 Å². The summed E-state index contributed by atoms with van der Waals surface area (Å²) in [5.74, 6) is 1.05. The molecule has 26 heavy (non-hydrogen) atoms. The van der Waals surface area contributed by atoms with Gasteiger partial charge >= 0.3 is 0 Å². The smallest absolute Gasteiger partial charge is 0.289 e. The van der Waals surface area contributed by atoms with Gasteiger partial charge in [0, 0.05) is 30.9 Å². The molecule has 1 saturated heterocycles. The Labute approximate surface area is 152 Å². The number of nitrogens with one attached hydrogen (secondary N) is 1. The van der Waals surface area contributed by atoms with E-state index >= 15 is 0 Å². The molecule has 0 saturated carbocycles. The Bertz CT molecular complexity index is 787. The lowest BCUT2D eigenvalue weighted by Crippen LogP contribution is -2.19. The van der Waals surface area contributed by atoms with E-state index < -0.39 is 0 Å². The van der Waals surface area contributed by atoms with Crippen molar-refractivity contribution in [3.05, 3.63) is 47.8 Å². The van der Waals surface area contributed by atoms with Crippen LogP contribution in [0.5, 0.6) is 11.5 Å². The Kier molecular flexibility index (Phi) is 5.68. The average Bonchev–Trinajstić information content (AvgIpc) is 3.22. The molecule has 0 spiro atoms. The van der Waals surface area contributed by atoms with Crippen molar-refractivity contribution in [1.29, 1.82) is 0 Å². The summed E-state index contributed by atoms with van der Waals surface area (Å²) in [6.07, 6.45) is 5.45. The number of nitrogens with zero attached hydrogens (tertiary/aromatic N) is 3. The zero-order valence-electron chi connectivity index (χ0n) is 14.9. The predicted octanol–water partition coefficient (Wildman–Crippen LogP) is 2.46. The highest BCUT2D eigenvalue weighted by molar-refractivity contribution is 5.93. The lowest BCUT2D eigenvalue weighted by atomic mass is 10.1. The molecule has 1 aromatic carbocycles. The van der Waals surface area contributed by atoms with Gasteiger partial charge in [-0.15, -0.1) is 0 Å². The van der Waals surface area contributed by atoms with Crippen molar-refractivity contribution in [2.24, 2.45) is 5.10 Å². The molecule has 0 aliphatic carbocycles. The number of hydrogen-bond donors (Lipinski definition) is 1. The zero-order chi connectivity index (χ0) is 18.4. The van der Waals surface area contributed by atoms with Gasteiger partial charge in [-0.3, -0.25) is 9.78 Å². The van der Waals surface area contributed by atoms with Crippen molar-refractivity contribution in [2.45, 2.75) is 12.8 Å². The number of carbonyl (C=O) groups excluding carboxylic acids is 1. The van der Waals surface area contributed by atoms with Gasteiger partial charge in [0.15, 0.2) is 0 Å². The largest absolute Gasteiger partial charge is 0.496 e. The fourth-order valence-electron chi connectivity index (χ4n) is 2.93. The highest BCUT2D eigenvalue weighted by atomic mass is 16.5. The normalized spacial score (nSPS) is 13.8. The summed E-state index contributed by atoms with van der Waals surface area (Å²) in [6, 6.07) is 8.93. The number of hydrazone groups is 1. The average molecular weight is 354 g/mol. The molecule has 136 valence electrons. The van der Waals surface area contributed by atoms with E-state index in [1.165, 1.54) is 19.1 Å². The maximum atomic E-state index is 12.0. The molecule has 1 amide bonds. The van der Waals surface area contributed by atoms with Crippen molar-refractivity contribution < 1.29 is 14.3 Å². The third-order valence-corrected chi connectivity index (χ3v) is 4.25. The topological polar surface area (TPSA) is 76.1 Å². The summed E-state index contributed by atoms with van der Waals surface area (Å²) in [7, 11) is 3.25. The standard InChI is InChI=1S/C19H22N4O3/c1-25-17-12-16(23-9-5-6-10-23)18(26-2)11-14(17)13-21-22-19(24)15-7-3-4-8-20-15/h3-4,7-8,11-13H,5-6,9-10H2,1-2H3,(H,22,24)/b21-13-. The molecule has 1 N–H and O–H groups in total. The van der Waals surface area contributed by atoms with Crippen molar-refractivity contribution in [2.75, 3.05) is 32.2 Å². The van der Waals surface area contributed by atoms with Crippen molar-refractivity contribution in [3.63, 3.8) is 0 Å². The fraction of sp³-hybridized carbons (Fsp3) is 0.316. The molecule has 3 rings (SSSR count). The summed E-state index contributed by atoms with van der Waals surface area (Å²) >= 11 is 0. The van der Waals surface area contributed by atoms with Crippen LogP contribution in [0.15, 0.2) is 41.6 Å². The molecule has 2 heterocycles. The summed E-state index contributed by atoms with van der Waals surface area (Å²) in [6.45, 7) is 2.01. The number of amides is 1. The van der Waals surface area contributed by atoms with Crippen LogP contribution in [0.2, 0.25) is 0 Å². The highest BCUT2D eigenvalue weighted by Gasteiger charge is 2.19. The minimum absolute atomic E-state index is 0.304. The molecule has 1 aromatic heterocycles. The minimum Gasteiger partial charge on any atom is -0.496 e. The number of aromatic nitrogens is 1. The second-order valence-corrected chi connectivity index (χ2v) is 5.87. The molecule has 2 aromatic rings. The first-order valence-corrected chi connectivity index (χ1v) is 8.48. The fourth-order valence-corrected chi connectivity index (χ4v) is 2.93. The molecule has 7 heteroatoms. The molecule has 0 atom stereocenters. The van der Waals surface area contributed by atoms with Gasteiger partial charge in [-0.2, -0.15) is 5.10 Å². The summed E-state index contributed by atoms with van der Waals surface area (Å²) < 4.78 is 11.0. The van der Waals surface area contributed by atoms with E-state index in [1.807, 2.05) is 12.1 Å². The van der Waals surface area contributed by atoms with Gasteiger partial charge < -0.3 is 14.4 Å². The third-order valence-electron chi connectivity index (χ3n) is 4.25. The number of ether oxygens (including phenoxy) is 2. The molecular weight excluding hydrogens is 332 g/mol. The number of carbonyl (C=O) groups is 1. The maximum Gasteiger partial charge on any atom is 0.289 e. The number of pyridine rings is 1. The molecule has 7 nitrogen and oxygen atoms in total. The maximum absolute atomic E-state index is 12.0. The van der Waals surface area contributed by atoms with Crippen molar-refractivity contribution in [1.82, 2.24) is 10.4 Å². The highest BCUT2D eigenvalue weighted by Crippen LogP contribution is 2.36. The summed E-state index contributed by atoms with van der Waals surface area (Å²) in [5, 5.41) is 4.02. The van der Waals surface area contributed by atoms with E-state index in [2.05, 4.69) is 20.4 Å². The van der Waals surface area contributed by atoms with Gasteiger partial charge in [-0.1, -0.05) is 6.07 Å². The lowest BCUT2D eigenvalue weighted by Gasteiger charge is -2.22. The van der Waals surface area contributed by atoms with Crippen LogP contribution in [0, 0.1) is 0 Å². The van der Waals surface area contributed by atoms with Crippen molar-refractivity contribution >= 4 is 17.8 Å². The number of benzene rings is 1. The van der Waals surface area contributed by atoms with E-state index in [1.54, 1.807) is 38.6 Å². The number of hydrogen-bond acceptors (Lipinski definition) is 6. The quantitative estimate of drug-likeness (QED) is 0.637. The Morgan fingerprint density at radius 2 is 1.96 bits per heavy atom. The Balaban J connectivity index is 1.79. The van der Waals surface area contributed by atoms with E-state index in [-0.39, 0.29) is 5.91 Å². The van der Waals surface area contributed by atoms with Crippen LogP contribution in [-0.2, 0) is 0 Å². The summed E-state index contributed by atoms with van der Waals surface area (Å²) in [5.41, 5.74) is 4.50. The van der Waals surface area contributed by atoms with Crippen LogP contribution >= 0.6 is 0 Å². The minimum atomic E-state index is -0.374. The van der Waals surface area contributed by atoms with Gasteiger partial charge in [-0.05, 0) is 31.0 Å². The van der Waals surface area contributed by atoms with Crippen LogP contribution in [0.3, 0.4) is 0 Å². The SMILES string of the molecule is COc1cc(N2CCCC2)c(OC)cc1/C=N\NC(=O)c1ccccn1. The number of methoxy groups -OCH3 is 2. The monoisotopic (exact) mass is 354 g/mol. The Hall–Kier alpha value is -3.09. The summed E-state index contributed by atoms with van der Waals surface area (Å²) in [4.78, 5) is 18.3. The Morgan fingerprint density at radius 3 is 2.62 bits per heavy atom. The van der Waals surface area contributed by atoms with E-state index in [4.69, 9.17) is 9.47 Å². The number of rotatable bonds is 6. The molecular formula is C19H22N4O3. The third kappa shape index (κ3) is 3.93. The second-order valence-electron chi connectivity index (χ2n) is 5.87. The van der Waals surface area contributed by atoms with Crippen LogP contribution in [-0.4, -0.2) is 44.4 Å². The van der Waals surface area contributed by atoms with Crippen LogP contribution in [0.1, 0.15) is 28.9 Å². The molecule has 0 bridgehead atoms. The van der Waals surface area contributed by atoms with E-state index in [0.29, 0.717) is 17.0 Å². The second kappa shape index (κ2) is 8.33. The van der Waals surface area contributed by atoms with E-state index in [9.17, 15) is 4.79 Å². The van der Waals surface area contributed by atoms with Crippen LogP contribution in [0.4, 0.5) is 5.69 Å². The van der Waals surface area contributed by atoms with Gasteiger partial charge in [-0.25, -0.2) is 5.43 Å². The number of anilines is 1. The van der Waals surface area contributed by atoms with Gasteiger partial charge in [0.2, 0.25) is 0 Å². The van der Waals surface area contributed by atoms with Crippen LogP contribution in [0.25, 0.3) is 0 Å². The molecule has 1 aliphatic rings. The zero-order valence-corrected chi connectivity index (χ0v) is 14.9. The van der Waals surface area contributed by atoms with Crippen LogP contribution < -0.4 is 19.8 Å². The van der Waals surface area contributed by atoms with E-state index in [0.717, 1.165) is 24.5 Å². The molecule has 1 fully saturated rings. The molecule has 1 aliphatic heterocycles.